The van der Waals surface area contributed by atoms with Crippen molar-refractivity contribution in [3.8, 4) is 27.9 Å². The molecule has 0 unspecified atom stereocenters. The van der Waals surface area contributed by atoms with E-state index in [-0.39, 0.29) is 0 Å². The van der Waals surface area contributed by atoms with E-state index in [0.29, 0.717) is 0 Å². The third kappa shape index (κ3) is 4.74. The van der Waals surface area contributed by atoms with Crippen LogP contribution in [0.3, 0.4) is 0 Å². The SMILES string of the molecule is c1ccc(-c2ccc(N(c3ccccc3)c3ccc4ccccc4c3-c3ccc4c5ccccc5n(-c5ccccc5)c4c3)cc2)cc1. The van der Waals surface area contributed by atoms with Crippen LogP contribution in [0.25, 0.3) is 60.5 Å². The van der Waals surface area contributed by atoms with E-state index in [1.807, 2.05) is 0 Å². The van der Waals surface area contributed by atoms with E-state index in [1.54, 1.807) is 0 Å². The van der Waals surface area contributed by atoms with Gasteiger partial charge in [-0.3, -0.25) is 0 Å². The summed E-state index contributed by atoms with van der Waals surface area (Å²) < 4.78 is 2.40. The monoisotopic (exact) mass is 612 g/mol. The molecule has 0 saturated carbocycles. The molecule has 48 heavy (non-hydrogen) atoms. The minimum atomic E-state index is 1.11. The first kappa shape index (κ1) is 27.9. The predicted molar refractivity (Wildman–Crippen MR) is 204 cm³/mol. The summed E-state index contributed by atoms with van der Waals surface area (Å²) in [6.45, 7) is 0. The van der Waals surface area contributed by atoms with Crippen LogP contribution in [0, 0.1) is 0 Å². The molecular formula is C46H32N2. The summed E-state index contributed by atoms with van der Waals surface area (Å²) in [6, 6.07) is 69.9. The Morgan fingerprint density at radius 3 is 1.69 bits per heavy atom. The van der Waals surface area contributed by atoms with Crippen LogP contribution in [0.15, 0.2) is 194 Å². The molecule has 0 aliphatic heterocycles. The van der Waals surface area contributed by atoms with Gasteiger partial charge in [0, 0.05) is 33.4 Å². The average Bonchev–Trinajstić information content (AvgIpc) is 3.50. The lowest BCUT2D eigenvalue weighted by Crippen LogP contribution is -2.11. The van der Waals surface area contributed by atoms with Crippen LogP contribution >= 0.6 is 0 Å². The first-order valence-corrected chi connectivity index (χ1v) is 16.4. The highest BCUT2D eigenvalue weighted by atomic mass is 15.1. The number of para-hydroxylation sites is 3. The maximum Gasteiger partial charge on any atom is 0.0547 e. The molecule has 8 aromatic carbocycles. The van der Waals surface area contributed by atoms with E-state index >= 15 is 0 Å². The number of anilines is 3. The van der Waals surface area contributed by atoms with E-state index in [0.717, 1.165) is 22.7 Å². The first-order chi connectivity index (χ1) is 23.8. The van der Waals surface area contributed by atoms with Crippen molar-refractivity contribution in [2.75, 3.05) is 4.90 Å². The van der Waals surface area contributed by atoms with Gasteiger partial charge in [-0.1, -0.05) is 140 Å². The van der Waals surface area contributed by atoms with E-state index in [1.165, 1.54) is 54.8 Å². The molecule has 226 valence electrons. The van der Waals surface area contributed by atoms with Gasteiger partial charge in [-0.2, -0.15) is 0 Å². The van der Waals surface area contributed by atoms with Crippen LogP contribution in [0.1, 0.15) is 0 Å². The number of benzene rings is 8. The Labute approximate surface area is 280 Å². The van der Waals surface area contributed by atoms with Crippen molar-refractivity contribution in [1.29, 1.82) is 0 Å². The highest BCUT2D eigenvalue weighted by Gasteiger charge is 2.21. The van der Waals surface area contributed by atoms with Gasteiger partial charge in [0.15, 0.2) is 0 Å². The first-order valence-electron chi connectivity index (χ1n) is 16.4. The summed E-state index contributed by atoms with van der Waals surface area (Å²) in [5.74, 6) is 0. The van der Waals surface area contributed by atoms with Crippen LogP contribution in [0.5, 0.6) is 0 Å². The molecule has 9 rings (SSSR count). The largest absolute Gasteiger partial charge is 0.310 e. The molecule has 1 aromatic heterocycles. The van der Waals surface area contributed by atoms with Crippen molar-refractivity contribution >= 4 is 49.6 Å². The zero-order valence-electron chi connectivity index (χ0n) is 26.4. The Morgan fingerprint density at radius 1 is 0.354 bits per heavy atom. The van der Waals surface area contributed by atoms with E-state index in [4.69, 9.17) is 0 Å². The molecular weight excluding hydrogens is 581 g/mol. The molecule has 9 aromatic rings. The normalized spacial score (nSPS) is 11.3. The van der Waals surface area contributed by atoms with Gasteiger partial charge in [0.1, 0.15) is 0 Å². The second kappa shape index (κ2) is 11.8. The van der Waals surface area contributed by atoms with Gasteiger partial charge in [-0.15, -0.1) is 0 Å². The summed E-state index contributed by atoms with van der Waals surface area (Å²) >= 11 is 0. The van der Waals surface area contributed by atoms with Crippen LogP contribution in [-0.4, -0.2) is 4.57 Å². The molecule has 0 atom stereocenters. The molecule has 0 saturated heterocycles. The zero-order chi connectivity index (χ0) is 31.9. The molecule has 2 nitrogen and oxygen atoms in total. The summed E-state index contributed by atoms with van der Waals surface area (Å²) in [6.07, 6.45) is 0. The maximum atomic E-state index is 2.40. The number of fused-ring (bicyclic) bond motifs is 4. The molecule has 0 aliphatic carbocycles. The second-order valence-electron chi connectivity index (χ2n) is 12.2. The zero-order valence-corrected chi connectivity index (χ0v) is 26.4. The minimum absolute atomic E-state index is 1.11. The molecule has 2 heteroatoms. The van der Waals surface area contributed by atoms with Gasteiger partial charge in [-0.25, -0.2) is 0 Å². The van der Waals surface area contributed by atoms with Gasteiger partial charge >= 0.3 is 0 Å². The number of rotatable bonds is 6. The molecule has 0 spiro atoms. The Hall–Kier alpha value is -6.38. The van der Waals surface area contributed by atoms with Gasteiger partial charge in [0.2, 0.25) is 0 Å². The van der Waals surface area contributed by atoms with E-state index in [9.17, 15) is 0 Å². The molecule has 0 aliphatic rings. The summed E-state index contributed by atoms with van der Waals surface area (Å²) in [5, 5.41) is 4.94. The quantitative estimate of drug-likeness (QED) is 0.181. The minimum Gasteiger partial charge on any atom is -0.310 e. The van der Waals surface area contributed by atoms with Crippen LogP contribution in [0.2, 0.25) is 0 Å². The van der Waals surface area contributed by atoms with Crippen LogP contribution in [-0.2, 0) is 0 Å². The van der Waals surface area contributed by atoms with Crippen molar-refractivity contribution in [2.24, 2.45) is 0 Å². The van der Waals surface area contributed by atoms with Gasteiger partial charge in [0.25, 0.3) is 0 Å². The smallest absolute Gasteiger partial charge is 0.0547 e. The summed E-state index contributed by atoms with van der Waals surface area (Å²) in [4.78, 5) is 2.40. The molecule has 0 N–H and O–H groups in total. The highest BCUT2D eigenvalue weighted by molar-refractivity contribution is 6.12. The van der Waals surface area contributed by atoms with Crippen LogP contribution < -0.4 is 4.90 Å². The van der Waals surface area contributed by atoms with Crippen molar-refractivity contribution < 1.29 is 0 Å². The van der Waals surface area contributed by atoms with E-state index in [2.05, 4.69) is 204 Å². The topological polar surface area (TPSA) is 8.17 Å². The lowest BCUT2D eigenvalue weighted by atomic mass is 9.94. The molecule has 0 amide bonds. The fraction of sp³-hybridized carbons (Fsp3) is 0. The molecule has 1 heterocycles. The van der Waals surface area contributed by atoms with Crippen molar-refractivity contribution in [1.82, 2.24) is 4.57 Å². The Morgan fingerprint density at radius 2 is 0.917 bits per heavy atom. The van der Waals surface area contributed by atoms with Crippen molar-refractivity contribution in [3.63, 3.8) is 0 Å². The third-order valence-corrected chi connectivity index (χ3v) is 9.37. The number of hydrogen-bond donors (Lipinski definition) is 0. The lowest BCUT2D eigenvalue weighted by molar-refractivity contribution is 1.18. The Kier molecular flexibility index (Phi) is 6.84. The lowest BCUT2D eigenvalue weighted by Gasteiger charge is -2.29. The molecule has 0 radical (unpaired) electrons. The predicted octanol–water partition coefficient (Wildman–Crippen LogP) is 12.7. The van der Waals surface area contributed by atoms with E-state index < -0.39 is 0 Å². The number of hydrogen-bond acceptors (Lipinski definition) is 1. The fourth-order valence-electron chi connectivity index (χ4n) is 7.17. The standard InChI is InChI=1S/C46H32N2/c1-4-14-33(15-5-1)34-24-28-39(29-25-34)47(37-17-6-2-7-18-37)44-31-27-35-16-10-11-21-40(35)46(44)36-26-30-42-41-22-12-13-23-43(41)48(45(42)32-36)38-19-8-3-9-20-38/h1-32H. The molecule has 0 bridgehead atoms. The second-order valence-corrected chi connectivity index (χ2v) is 12.2. The Balaban J connectivity index is 1.31. The number of aromatic nitrogens is 1. The fourth-order valence-corrected chi connectivity index (χ4v) is 7.17. The van der Waals surface area contributed by atoms with Crippen LogP contribution in [0.4, 0.5) is 17.1 Å². The van der Waals surface area contributed by atoms with Gasteiger partial charge in [0.05, 0.1) is 16.7 Å². The maximum absolute atomic E-state index is 2.40. The van der Waals surface area contributed by atoms with Gasteiger partial charge < -0.3 is 9.47 Å². The van der Waals surface area contributed by atoms with Gasteiger partial charge in [-0.05, 0) is 82.1 Å². The van der Waals surface area contributed by atoms with Crippen molar-refractivity contribution in [2.45, 2.75) is 0 Å². The Bertz CT molecular complexity index is 2530. The molecule has 0 fully saturated rings. The third-order valence-electron chi connectivity index (χ3n) is 9.37. The average molecular weight is 613 g/mol. The highest BCUT2D eigenvalue weighted by Crippen LogP contribution is 2.46. The summed E-state index contributed by atoms with van der Waals surface area (Å²) in [5.41, 5.74) is 11.7. The van der Waals surface area contributed by atoms with Crippen molar-refractivity contribution in [3.05, 3.63) is 194 Å². The summed E-state index contributed by atoms with van der Waals surface area (Å²) in [7, 11) is 0. The number of nitrogens with zero attached hydrogens (tertiary/aromatic N) is 2.